The van der Waals surface area contributed by atoms with Gasteiger partial charge >= 0.3 is 6.18 Å². The average Bonchev–Trinajstić information content (AvgIpc) is 2.32. The van der Waals surface area contributed by atoms with Crippen LogP contribution in [-0.4, -0.2) is 13.1 Å². The lowest BCUT2D eigenvalue weighted by Crippen LogP contribution is -3.10. The van der Waals surface area contributed by atoms with Gasteiger partial charge in [-0.15, -0.1) is 0 Å². The van der Waals surface area contributed by atoms with Crippen molar-refractivity contribution in [3.05, 3.63) is 35.4 Å². The van der Waals surface area contributed by atoms with Crippen molar-refractivity contribution in [1.82, 2.24) is 0 Å². The molecule has 2 rings (SSSR count). The predicted octanol–water partition coefficient (Wildman–Crippen LogP) is 3.05. The van der Waals surface area contributed by atoms with Gasteiger partial charge in [0.2, 0.25) is 0 Å². The van der Waals surface area contributed by atoms with Gasteiger partial charge in [-0.3, -0.25) is 0 Å². The third-order valence-corrected chi connectivity index (χ3v) is 3.80. The topological polar surface area (TPSA) is 4.44 Å². The molecular weight excluding hydrogens is 251 g/mol. The minimum absolute atomic E-state index is 0.557. The maximum absolute atomic E-state index is 12.5. The van der Waals surface area contributed by atoms with Crippen LogP contribution in [0.4, 0.5) is 13.2 Å². The van der Waals surface area contributed by atoms with Gasteiger partial charge in [0.25, 0.3) is 0 Å². The standard InChI is InChI=1S/C15H20F3N/c16-15(17,18)14-8-6-13(7-9-14)12-19-10-4-2-1-3-5-11-19/h6-9H,1-5,10-12H2/p+1. The van der Waals surface area contributed by atoms with E-state index in [-0.39, 0.29) is 0 Å². The van der Waals surface area contributed by atoms with E-state index in [2.05, 4.69) is 0 Å². The Morgan fingerprint density at radius 1 is 0.842 bits per heavy atom. The Morgan fingerprint density at radius 2 is 1.37 bits per heavy atom. The number of quaternary nitrogens is 1. The minimum Gasteiger partial charge on any atom is -0.331 e. The quantitative estimate of drug-likeness (QED) is 0.844. The first-order chi connectivity index (χ1) is 9.05. The Kier molecular flexibility index (Phi) is 4.86. The van der Waals surface area contributed by atoms with E-state index in [9.17, 15) is 13.2 Å². The van der Waals surface area contributed by atoms with E-state index in [1.807, 2.05) is 0 Å². The fourth-order valence-electron chi connectivity index (χ4n) is 2.68. The molecule has 1 aromatic carbocycles. The van der Waals surface area contributed by atoms with E-state index >= 15 is 0 Å². The Bertz CT molecular complexity index is 375. The number of hydrogen-bond acceptors (Lipinski definition) is 0. The Balaban J connectivity index is 1.94. The fourth-order valence-corrected chi connectivity index (χ4v) is 2.68. The highest BCUT2D eigenvalue weighted by molar-refractivity contribution is 5.23. The number of halogens is 3. The molecule has 4 heteroatoms. The third-order valence-electron chi connectivity index (χ3n) is 3.80. The van der Waals surface area contributed by atoms with Crippen molar-refractivity contribution in [2.45, 2.75) is 44.8 Å². The molecule has 1 aromatic rings. The average molecular weight is 272 g/mol. The maximum atomic E-state index is 12.5. The SMILES string of the molecule is FC(F)(F)c1ccc(C[NH+]2CCCCCCC2)cc1. The molecule has 1 N–H and O–H groups in total. The van der Waals surface area contributed by atoms with Gasteiger partial charge in [0.15, 0.2) is 0 Å². The first kappa shape index (κ1) is 14.4. The summed E-state index contributed by atoms with van der Waals surface area (Å²) in [5.41, 5.74) is 0.447. The van der Waals surface area contributed by atoms with Gasteiger partial charge in [-0.25, -0.2) is 0 Å². The highest BCUT2D eigenvalue weighted by Crippen LogP contribution is 2.28. The van der Waals surface area contributed by atoms with Crippen LogP contribution in [0.25, 0.3) is 0 Å². The van der Waals surface area contributed by atoms with Crippen molar-refractivity contribution in [2.24, 2.45) is 0 Å². The van der Waals surface area contributed by atoms with Gasteiger partial charge in [-0.1, -0.05) is 18.6 Å². The number of alkyl halides is 3. The van der Waals surface area contributed by atoms with Crippen LogP contribution in [0.1, 0.15) is 43.2 Å². The van der Waals surface area contributed by atoms with Crippen molar-refractivity contribution < 1.29 is 18.1 Å². The lowest BCUT2D eigenvalue weighted by atomic mass is 10.1. The monoisotopic (exact) mass is 272 g/mol. The second-order valence-electron chi connectivity index (χ2n) is 5.39. The molecule has 0 atom stereocenters. The van der Waals surface area contributed by atoms with Crippen molar-refractivity contribution >= 4 is 0 Å². The van der Waals surface area contributed by atoms with Crippen LogP contribution >= 0.6 is 0 Å². The van der Waals surface area contributed by atoms with E-state index in [1.54, 1.807) is 12.1 Å². The lowest BCUT2D eigenvalue weighted by Gasteiger charge is -2.22. The molecule has 1 aliphatic heterocycles. The molecule has 1 fully saturated rings. The van der Waals surface area contributed by atoms with Crippen LogP contribution in [0.5, 0.6) is 0 Å². The summed E-state index contributed by atoms with van der Waals surface area (Å²) in [6, 6.07) is 5.63. The van der Waals surface area contributed by atoms with Crippen LogP contribution in [0.15, 0.2) is 24.3 Å². The van der Waals surface area contributed by atoms with Crippen molar-refractivity contribution in [3.63, 3.8) is 0 Å². The molecule has 1 aliphatic rings. The van der Waals surface area contributed by atoms with E-state index in [4.69, 9.17) is 0 Å². The number of rotatable bonds is 2. The number of likely N-dealkylation sites (tertiary alicyclic amines) is 1. The summed E-state index contributed by atoms with van der Waals surface area (Å²) in [7, 11) is 0. The van der Waals surface area contributed by atoms with E-state index < -0.39 is 11.7 Å². The molecule has 1 heterocycles. The number of benzene rings is 1. The molecule has 0 aromatic heterocycles. The van der Waals surface area contributed by atoms with Crippen molar-refractivity contribution in [2.75, 3.05) is 13.1 Å². The molecule has 0 amide bonds. The van der Waals surface area contributed by atoms with Crippen molar-refractivity contribution in [3.8, 4) is 0 Å². The Labute approximate surface area is 112 Å². The highest BCUT2D eigenvalue weighted by atomic mass is 19.4. The van der Waals surface area contributed by atoms with Gasteiger partial charge in [0.1, 0.15) is 6.54 Å². The van der Waals surface area contributed by atoms with Crippen LogP contribution < -0.4 is 4.90 Å². The molecular formula is C15H21F3N+. The molecule has 1 nitrogen and oxygen atoms in total. The molecule has 0 aliphatic carbocycles. The molecule has 0 saturated carbocycles. The van der Waals surface area contributed by atoms with Gasteiger partial charge in [0.05, 0.1) is 18.7 Å². The molecule has 0 radical (unpaired) electrons. The van der Waals surface area contributed by atoms with E-state index in [1.165, 1.54) is 49.1 Å². The first-order valence-electron chi connectivity index (χ1n) is 7.05. The van der Waals surface area contributed by atoms with Gasteiger partial charge < -0.3 is 4.90 Å². The minimum atomic E-state index is -4.23. The third kappa shape index (κ3) is 4.53. The smallest absolute Gasteiger partial charge is 0.331 e. The summed E-state index contributed by atoms with van der Waals surface area (Å²) in [6.07, 6.45) is 2.14. The highest BCUT2D eigenvalue weighted by Gasteiger charge is 2.30. The second kappa shape index (κ2) is 6.42. The maximum Gasteiger partial charge on any atom is 0.416 e. The number of nitrogens with one attached hydrogen (secondary N) is 1. The zero-order valence-corrected chi connectivity index (χ0v) is 11.1. The summed E-state index contributed by atoms with van der Waals surface area (Å²) >= 11 is 0. The largest absolute Gasteiger partial charge is 0.416 e. The molecule has 1 saturated heterocycles. The summed E-state index contributed by atoms with van der Waals surface area (Å²) in [5.74, 6) is 0. The normalized spacial score (nSPS) is 18.9. The second-order valence-corrected chi connectivity index (χ2v) is 5.39. The van der Waals surface area contributed by atoms with Crippen LogP contribution in [0.3, 0.4) is 0 Å². The summed E-state index contributed by atoms with van der Waals surface area (Å²) in [5, 5.41) is 0. The number of hydrogen-bond donors (Lipinski definition) is 1. The van der Waals surface area contributed by atoms with Crippen molar-refractivity contribution in [1.29, 1.82) is 0 Å². The molecule has 0 bridgehead atoms. The predicted molar refractivity (Wildman–Crippen MR) is 68.9 cm³/mol. The zero-order chi connectivity index (χ0) is 13.7. The molecule has 19 heavy (non-hydrogen) atoms. The molecule has 106 valence electrons. The van der Waals surface area contributed by atoms with Crippen LogP contribution in [0.2, 0.25) is 0 Å². The Morgan fingerprint density at radius 3 is 1.89 bits per heavy atom. The summed E-state index contributed by atoms with van der Waals surface area (Å²) in [4.78, 5) is 1.50. The fraction of sp³-hybridized carbons (Fsp3) is 0.600. The Hall–Kier alpha value is -1.03. The lowest BCUT2D eigenvalue weighted by molar-refractivity contribution is -0.914. The van der Waals surface area contributed by atoms with E-state index in [0.29, 0.717) is 0 Å². The van der Waals surface area contributed by atoms with Crippen LogP contribution in [-0.2, 0) is 12.7 Å². The summed E-state index contributed by atoms with van der Waals surface area (Å²) < 4.78 is 37.4. The van der Waals surface area contributed by atoms with Gasteiger partial charge in [-0.2, -0.15) is 13.2 Å². The summed E-state index contributed by atoms with van der Waals surface area (Å²) in [6.45, 7) is 3.13. The van der Waals surface area contributed by atoms with Gasteiger partial charge in [0, 0.05) is 5.56 Å². The first-order valence-corrected chi connectivity index (χ1v) is 7.05. The van der Waals surface area contributed by atoms with Crippen LogP contribution in [0, 0.1) is 0 Å². The molecule has 0 spiro atoms. The van der Waals surface area contributed by atoms with E-state index in [0.717, 1.165) is 25.2 Å². The molecule has 0 unspecified atom stereocenters. The van der Waals surface area contributed by atoms with Gasteiger partial charge in [-0.05, 0) is 37.8 Å². The zero-order valence-electron chi connectivity index (χ0n) is 11.1.